The number of nitrogens with one attached hydrogen (secondary N) is 1. The maximum atomic E-state index is 13.6. The molecule has 2 unspecified atom stereocenters. The molecule has 0 bridgehead atoms. The molecule has 1 N–H and O–H groups in total. The maximum Gasteiger partial charge on any atom is 0.127 e. The number of methoxy groups -OCH3 is 1. The van der Waals surface area contributed by atoms with Crippen LogP contribution in [0.5, 0.6) is 0 Å². The lowest BCUT2D eigenvalue weighted by molar-refractivity contribution is 0.106. The molecule has 1 rings (SSSR count). The van der Waals surface area contributed by atoms with Crippen LogP contribution in [0.2, 0.25) is 0 Å². The van der Waals surface area contributed by atoms with Crippen LogP contribution in [0.1, 0.15) is 31.4 Å². The van der Waals surface area contributed by atoms with Crippen molar-refractivity contribution >= 4 is 0 Å². The Morgan fingerprint density at radius 3 is 2.56 bits per heavy atom. The lowest BCUT2D eigenvalue weighted by Crippen LogP contribution is -2.19. The molecule has 0 amide bonds. The third kappa shape index (κ3) is 3.58. The molecule has 0 aliphatic rings. The van der Waals surface area contributed by atoms with Crippen molar-refractivity contribution in [2.45, 2.75) is 31.9 Å². The summed E-state index contributed by atoms with van der Waals surface area (Å²) in [5, 5.41) is 3.14. The minimum absolute atomic E-state index is 0.0544. The Morgan fingerprint density at radius 1 is 1.31 bits per heavy atom. The van der Waals surface area contributed by atoms with Crippen LogP contribution in [0, 0.1) is 5.82 Å². The van der Waals surface area contributed by atoms with Crippen LogP contribution >= 0.6 is 0 Å². The SMILES string of the molecule is CNC(CCC(C)OC)c1ccccc1F. The molecule has 3 heteroatoms. The Labute approximate surface area is 96.8 Å². The standard InChI is InChI=1S/C13H20FNO/c1-10(16-3)8-9-13(15-2)11-6-4-5-7-12(11)14/h4-7,10,13,15H,8-9H2,1-3H3. The number of rotatable bonds is 6. The lowest BCUT2D eigenvalue weighted by Gasteiger charge is -2.19. The summed E-state index contributed by atoms with van der Waals surface area (Å²) in [6.07, 6.45) is 1.99. The first-order valence-electron chi connectivity index (χ1n) is 5.63. The molecule has 0 aliphatic heterocycles. The van der Waals surface area contributed by atoms with Crippen LogP contribution in [0.4, 0.5) is 4.39 Å². The molecular weight excluding hydrogens is 205 g/mol. The first-order chi connectivity index (χ1) is 7.69. The molecule has 1 aromatic rings. The van der Waals surface area contributed by atoms with Gasteiger partial charge in [-0.05, 0) is 32.9 Å². The minimum atomic E-state index is -0.146. The van der Waals surface area contributed by atoms with Crippen LogP contribution in [0.25, 0.3) is 0 Å². The fourth-order valence-electron chi connectivity index (χ4n) is 1.73. The van der Waals surface area contributed by atoms with Gasteiger partial charge in [-0.25, -0.2) is 4.39 Å². The maximum absolute atomic E-state index is 13.6. The summed E-state index contributed by atoms with van der Waals surface area (Å²) in [5.41, 5.74) is 0.730. The number of hydrogen-bond donors (Lipinski definition) is 1. The van der Waals surface area contributed by atoms with Gasteiger partial charge in [0.05, 0.1) is 6.10 Å². The zero-order chi connectivity index (χ0) is 12.0. The van der Waals surface area contributed by atoms with Gasteiger partial charge in [0.1, 0.15) is 5.82 Å². The summed E-state index contributed by atoms with van der Waals surface area (Å²) in [6.45, 7) is 2.02. The van der Waals surface area contributed by atoms with Gasteiger partial charge in [-0.2, -0.15) is 0 Å². The summed E-state index contributed by atoms with van der Waals surface area (Å²) in [7, 11) is 3.55. The van der Waals surface area contributed by atoms with Gasteiger partial charge in [-0.15, -0.1) is 0 Å². The van der Waals surface area contributed by atoms with Crippen LogP contribution in [0.15, 0.2) is 24.3 Å². The van der Waals surface area contributed by atoms with E-state index < -0.39 is 0 Å². The molecule has 2 nitrogen and oxygen atoms in total. The van der Waals surface area contributed by atoms with Gasteiger partial charge in [0.2, 0.25) is 0 Å². The van der Waals surface area contributed by atoms with Crippen LogP contribution < -0.4 is 5.32 Å². The Kier molecular flexibility index (Phi) is 5.43. The molecule has 0 radical (unpaired) electrons. The van der Waals surface area contributed by atoms with Crippen molar-refractivity contribution in [3.05, 3.63) is 35.6 Å². The van der Waals surface area contributed by atoms with Crippen molar-refractivity contribution in [2.75, 3.05) is 14.2 Å². The summed E-state index contributed by atoms with van der Waals surface area (Å²) in [6, 6.07) is 6.96. The Bertz CT molecular complexity index is 317. The summed E-state index contributed by atoms with van der Waals surface area (Å²) < 4.78 is 18.8. The monoisotopic (exact) mass is 225 g/mol. The molecule has 2 atom stereocenters. The van der Waals surface area contributed by atoms with E-state index in [-0.39, 0.29) is 18.0 Å². The van der Waals surface area contributed by atoms with Gasteiger partial charge in [-0.1, -0.05) is 18.2 Å². The third-order valence-corrected chi connectivity index (χ3v) is 2.89. The Balaban J connectivity index is 2.64. The quantitative estimate of drug-likeness (QED) is 0.803. The van der Waals surface area contributed by atoms with Crippen LogP contribution in [-0.2, 0) is 4.74 Å². The molecule has 0 spiro atoms. The van der Waals surface area contributed by atoms with Gasteiger partial charge in [-0.3, -0.25) is 0 Å². The predicted molar refractivity (Wildman–Crippen MR) is 63.9 cm³/mol. The topological polar surface area (TPSA) is 21.3 Å². The molecule has 0 saturated carbocycles. The fraction of sp³-hybridized carbons (Fsp3) is 0.538. The van der Waals surface area contributed by atoms with Gasteiger partial charge in [0.25, 0.3) is 0 Å². The van der Waals surface area contributed by atoms with E-state index in [4.69, 9.17) is 4.74 Å². The van der Waals surface area contributed by atoms with E-state index in [1.54, 1.807) is 13.2 Å². The van der Waals surface area contributed by atoms with E-state index in [1.165, 1.54) is 6.07 Å². The van der Waals surface area contributed by atoms with Crippen LogP contribution in [-0.4, -0.2) is 20.3 Å². The second kappa shape index (κ2) is 6.61. The van der Waals surface area contributed by atoms with E-state index in [1.807, 2.05) is 26.1 Å². The zero-order valence-electron chi connectivity index (χ0n) is 10.2. The zero-order valence-corrected chi connectivity index (χ0v) is 10.2. The number of hydrogen-bond acceptors (Lipinski definition) is 2. The summed E-state index contributed by atoms with van der Waals surface area (Å²) in [5.74, 6) is -0.146. The van der Waals surface area contributed by atoms with E-state index in [0.29, 0.717) is 0 Å². The highest BCUT2D eigenvalue weighted by Crippen LogP contribution is 2.21. The summed E-state index contributed by atoms with van der Waals surface area (Å²) >= 11 is 0. The molecule has 0 aromatic heterocycles. The molecule has 16 heavy (non-hydrogen) atoms. The van der Waals surface area contributed by atoms with E-state index in [0.717, 1.165) is 18.4 Å². The number of benzene rings is 1. The van der Waals surface area contributed by atoms with E-state index in [9.17, 15) is 4.39 Å². The van der Waals surface area contributed by atoms with Crippen molar-refractivity contribution in [1.82, 2.24) is 5.32 Å². The Hall–Kier alpha value is -0.930. The van der Waals surface area contributed by atoms with Gasteiger partial charge in [0, 0.05) is 18.7 Å². The molecular formula is C13H20FNO. The average molecular weight is 225 g/mol. The van der Waals surface area contributed by atoms with Gasteiger partial charge < -0.3 is 10.1 Å². The van der Waals surface area contributed by atoms with Gasteiger partial charge in [0.15, 0.2) is 0 Å². The Morgan fingerprint density at radius 2 is 2.00 bits per heavy atom. The first-order valence-corrected chi connectivity index (χ1v) is 5.63. The molecule has 0 aliphatic carbocycles. The normalized spacial score (nSPS) is 14.8. The van der Waals surface area contributed by atoms with Crippen molar-refractivity contribution in [2.24, 2.45) is 0 Å². The smallest absolute Gasteiger partial charge is 0.127 e. The van der Waals surface area contributed by atoms with E-state index in [2.05, 4.69) is 5.32 Å². The highest BCUT2D eigenvalue weighted by molar-refractivity contribution is 5.21. The highest BCUT2D eigenvalue weighted by Gasteiger charge is 2.14. The fourth-order valence-corrected chi connectivity index (χ4v) is 1.73. The number of ether oxygens (including phenoxy) is 1. The minimum Gasteiger partial charge on any atom is -0.382 e. The molecule has 0 heterocycles. The predicted octanol–water partition coefficient (Wildman–Crippen LogP) is 2.90. The molecule has 0 fully saturated rings. The average Bonchev–Trinajstić information content (AvgIpc) is 2.31. The van der Waals surface area contributed by atoms with Gasteiger partial charge >= 0.3 is 0 Å². The van der Waals surface area contributed by atoms with Crippen molar-refractivity contribution in [1.29, 1.82) is 0 Å². The first kappa shape index (κ1) is 13.1. The van der Waals surface area contributed by atoms with Crippen molar-refractivity contribution in [3.63, 3.8) is 0 Å². The van der Waals surface area contributed by atoms with Crippen LogP contribution in [0.3, 0.4) is 0 Å². The number of halogens is 1. The van der Waals surface area contributed by atoms with Crippen molar-refractivity contribution < 1.29 is 9.13 Å². The molecule has 1 aromatic carbocycles. The lowest BCUT2D eigenvalue weighted by atomic mass is 10.00. The van der Waals surface area contributed by atoms with E-state index >= 15 is 0 Å². The molecule has 90 valence electrons. The largest absolute Gasteiger partial charge is 0.382 e. The highest BCUT2D eigenvalue weighted by atomic mass is 19.1. The second-order valence-corrected chi connectivity index (χ2v) is 3.99. The second-order valence-electron chi connectivity index (χ2n) is 3.99. The molecule has 0 saturated heterocycles. The summed E-state index contributed by atoms with van der Waals surface area (Å²) in [4.78, 5) is 0. The van der Waals surface area contributed by atoms with Crippen molar-refractivity contribution in [3.8, 4) is 0 Å². The third-order valence-electron chi connectivity index (χ3n) is 2.89.